The molecule has 3 aromatic rings. The van der Waals surface area contributed by atoms with Gasteiger partial charge < -0.3 is 0 Å². The number of H-pyrrole nitrogens is 1. The minimum absolute atomic E-state index is 0.332. The van der Waals surface area contributed by atoms with Crippen molar-refractivity contribution in [2.24, 2.45) is 5.10 Å². The maximum atomic E-state index is 13.6. The number of benzene rings is 2. The van der Waals surface area contributed by atoms with Crippen molar-refractivity contribution in [2.45, 2.75) is 0 Å². The van der Waals surface area contributed by atoms with Crippen LogP contribution in [0.4, 0.5) is 4.39 Å². The van der Waals surface area contributed by atoms with Crippen molar-refractivity contribution in [3.05, 3.63) is 69.2 Å². The molecule has 3 rings (SSSR count). The van der Waals surface area contributed by atoms with E-state index in [-0.39, 0.29) is 5.82 Å². The average molecular weight is 377 g/mol. The van der Waals surface area contributed by atoms with Crippen LogP contribution in [0.3, 0.4) is 0 Å². The summed E-state index contributed by atoms with van der Waals surface area (Å²) in [6.07, 6.45) is 1.42. The third-order valence-electron chi connectivity index (χ3n) is 2.98. The summed E-state index contributed by atoms with van der Waals surface area (Å²) in [4.78, 5) is 0. The van der Waals surface area contributed by atoms with E-state index in [2.05, 4.69) is 31.2 Å². The van der Waals surface area contributed by atoms with E-state index < -0.39 is 0 Å². The topological polar surface area (TPSA) is 46.0 Å². The molecule has 4 nitrogen and oxygen atoms in total. The van der Waals surface area contributed by atoms with Crippen LogP contribution < -0.4 is 0 Å². The van der Waals surface area contributed by atoms with Gasteiger partial charge in [-0.2, -0.15) is 14.9 Å². The van der Waals surface area contributed by atoms with Crippen LogP contribution in [0.1, 0.15) is 5.56 Å². The lowest BCUT2D eigenvalue weighted by Gasteiger charge is -2.03. The molecule has 1 N–H and O–H groups in total. The molecule has 22 heavy (non-hydrogen) atoms. The Morgan fingerprint density at radius 3 is 2.68 bits per heavy atom. The molecule has 0 atom stereocenters. The summed E-state index contributed by atoms with van der Waals surface area (Å²) in [5.41, 5.74) is 1.21. The summed E-state index contributed by atoms with van der Waals surface area (Å²) < 4.78 is 16.3. The molecule has 1 heterocycles. The van der Waals surface area contributed by atoms with Crippen LogP contribution in [0.2, 0.25) is 0 Å². The Kier molecular flexibility index (Phi) is 4.26. The first-order valence-corrected chi connectivity index (χ1v) is 7.58. The highest BCUT2D eigenvalue weighted by Crippen LogP contribution is 2.26. The van der Waals surface area contributed by atoms with Crippen LogP contribution in [0.15, 0.2) is 58.1 Å². The van der Waals surface area contributed by atoms with E-state index in [1.807, 2.05) is 24.3 Å². The second kappa shape index (κ2) is 6.33. The molecule has 7 heteroatoms. The lowest BCUT2D eigenvalue weighted by atomic mass is 10.2. The zero-order valence-electron chi connectivity index (χ0n) is 11.2. The van der Waals surface area contributed by atoms with Gasteiger partial charge in [0.2, 0.25) is 4.77 Å². The van der Waals surface area contributed by atoms with Crippen molar-refractivity contribution in [3.63, 3.8) is 0 Å². The van der Waals surface area contributed by atoms with E-state index in [1.165, 1.54) is 17.0 Å². The molecule has 0 amide bonds. The van der Waals surface area contributed by atoms with E-state index in [0.29, 0.717) is 16.2 Å². The Labute approximate surface area is 139 Å². The smallest absolute Gasteiger partial charge is 0.216 e. The SMILES string of the molecule is Fc1ccccc1/C=N/n1c(-c2ccccc2Br)n[nH]c1=S. The van der Waals surface area contributed by atoms with Crippen LogP contribution in [-0.4, -0.2) is 21.1 Å². The normalized spacial score (nSPS) is 11.2. The molecule has 0 bridgehead atoms. The predicted molar refractivity (Wildman–Crippen MR) is 89.9 cm³/mol. The highest BCUT2D eigenvalue weighted by molar-refractivity contribution is 9.10. The molecule has 0 spiro atoms. The van der Waals surface area contributed by atoms with E-state index in [1.54, 1.807) is 18.2 Å². The van der Waals surface area contributed by atoms with Gasteiger partial charge in [-0.25, -0.2) is 9.49 Å². The van der Waals surface area contributed by atoms with E-state index in [4.69, 9.17) is 12.2 Å². The lowest BCUT2D eigenvalue weighted by molar-refractivity contribution is 0.625. The number of aromatic nitrogens is 3. The molecule has 110 valence electrons. The average Bonchev–Trinajstić information content (AvgIpc) is 2.88. The fraction of sp³-hybridized carbons (Fsp3) is 0. The van der Waals surface area contributed by atoms with Crippen molar-refractivity contribution in [2.75, 3.05) is 0 Å². The largest absolute Gasteiger partial charge is 0.250 e. The summed E-state index contributed by atoms with van der Waals surface area (Å²) in [6.45, 7) is 0. The Morgan fingerprint density at radius 2 is 1.91 bits per heavy atom. The number of nitrogens with one attached hydrogen (secondary N) is 1. The number of aromatic amines is 1. The molecular weight excluding hydrogens is 367 g/mol. The van der Waals surface area contributed by atoms with Crippen LogP contribution in [-0.2, 0) is 0 Å². The molecule has 0 aliphatic rings. The van der Waals surface area contributed by atoms with Crippen molar-refractivity contribution < 1.29 is 4.39 Å². The first-order valence-electron chi connectivity index (χ1n) is 6.38. The Bertz CT molecular complexity index is 900. The maximum absolute atomic E-state index is 13.6. The van der Waals surface area contributed by atoms with Crippen molar-refractivity contribution in [1.82, 2.24) is 14.9 Å². The first kappa shape index (κ1) is 14.8. The van der Waals surface area contributed by atoms with Gasteiger partial charge in [0, 0.05) is 15.6 Å². The van der Waals surface area contributed by atoms with Gasteiger partial charge in [0.05, 0.1) is 6.21 Å². The number of nitrogens with zero attached hydrogens (tertiary/aromatic N) is 3. The number of rotatable bonds is 3. The van der Waals surface area contributed by atoms with E-state index in [9.17, 15) is 4.39 Å². The number of hydrogen-bond donors (Lipinski definition) is 1. The third kappa shape index (κ3) is 2.90. The Hall–Kier alpha value is -2.12. The van der Waals surface area contributed by atoms with Gasteiger partial charge >= 0.3 is 0 Å². The molecule has 2 aromatic carbocycles. The quantitative estimate of drug-likeness (QED) is 0.544. The van der Waals surface area contributed by atoms with Crippen LogP contribution in [0.5, 0.6) is 0 Å². The van der Waals surface area contributed by atoms with Gasteiger partial charge in [0.15, 0.2) is 5.82 Å². The van der Waals surface area contributed by atoms with Crippen molar-refractivity contribution in [3.8, 4) is 11.4 Å². The summed E-state index contributed by atoms with van der Waals surface area (Å²) >= 11 is 8.66. The summed E-state index contributed by atoms with van der Waals surface area (Å²) in [6, 6.07) is 14.0. The minimum Gasteiger partial charge on any atom is -0.250 e. The fourth-order valence-electron chi connectivity index (χ4n) is 1.92. The summed E-state index contributed by atoms with van der Waals surface area (Å²) in [7, 11) is 0. The minimum atomic E-state index is -0.344. The van der Waals surface area contributed by atoms with Gasteiger partial charge in [0.1, 0.15) is 5.82 Å². The molecule has 0 aliphatic heterocycles. The van der Waals surface area contributed by atoms with Crippen LogP contribution in [0, 0.1) is 10.6 Å². The van der Waals surface area contributed by atoms with E-state index in [0.717, 1.165) is 10.0 Å². The molecule has 0 aliphatic carbocycles. The van der Waals surface area contributed by atoms with Gasteiger partial charge in [0.25, 0.3) is 0 Å². The molecule has 1 aromatic heterocycles. The van der Waals surface area contributed by atoms with Crippen molar-refractivity contribution >= 4 is 34.4 Å². The van der Waals surface area contributed by atoms with Crippen LogP contribution >= 0.6 is 28.1 Å². The lowest BCUT2D eigenvalue weighted by Crippen LogP contribution is -1.96. The molecular formula is C15H10BrFN4S. The highest BCUT2D eigenvalue weighted by Gasteiger charge is 2.11. The molecule has 0 saturated heterocycles. The van der Waals surface area contributed by atoms with Gasteiger partial charge in [-0.1, -0.05) is 46.3 Å². The van der Waals surface area contributed by atoms with Crippen molar-refractivity contribution in [1.29, 1.82) is 0 Å². The Balaban J connectivity index is 2.06. The second-order valence-corrected chi connectivity index (χ2v) is 5.65. The zero-order valence-corrected chi connectivity index (χ0v) is 13.6. The Morgan fingerprint density at radius 1 is 1.18 bits per heavy atom. The monoisotopic (exact) mass is 376 g/mol. The summed E-state index contributed by atoms with van der Waals surface area (Å²) in [5.74, 6) is 0.203. The number of halogens is 2. The fourth-order valence-corrected chi connectivity index (χ4v) is 2.56. The highest BCUT2D eigenvalue weighted by atomic mass is 79.9. The third-order valence-corrected chi connectivity index (χ3v) is 3.94. The van der Waals surface area contributed by atoms with Gasteiger partial charge in [-0.15, -0.1) is 0 Å². The molecule has 0 unspecified atom stereocenters. The molecule has 0 fully saturated rings. The first-order chi connectivity index (χ1) is 10.7. The standard InChI is InChI=1S/C15H10BrFN4S/c16-12-7-3-2-6-11(12)14-19-20-15(22)21(14)18-9-10-5-1-4-8-13(10)17/h1-9H,(H,20,22)/b18-9+. The van der Waals surface area contributed by atoms with Gasteiger partial charge in [-0.05, 0) is 30.4 Å². The van der Waals surface area contributed by atoms with Crippen LogP contribution in [0.25, 0.3) is 11.4 Å². The molecule has 0 saturated carbocycles. The zero-order chi connectivity index (χ0) is 15.5. The van der Waals surface area contributed by atoms with E-state index >= 15 is 0 Å². The maximum Gasteiger partial charge on any atom is 0.216 e. The van der Waals surface area contributed by atoms with Gasteiger partial charge in [-0.3, -0.25) is 0 Å². The second-order valence-electron chi connectivity index (χ2n) is 4.41. The summed E-state index contributed by atoms with van der Waals surface area (Å²) in [5, 5.41) is 11.1. The number of hydrogen-bond acceptors (Lipinski definition) is 3. The predicted octanol–water partition coefficient (Wildman–Crippen LogP) is 4.39. The molecule has 0 radical (unpaired) electrons.